The monoisotopic (exact) mass is 382 g/mol. The van der Waals surface area contributed by atoms with E-state index in [9.17, 15) is 9.59 Å². The van der Waals surface area contributed by atoms with E-state index in [2.05, 4.69) is 10.9 Å². The Morgan fingerprint density at radius 2 is 1.96 bits per heavy atom. The Labute approximate surface area is 160 Å². The van der Waals surface area contributed by atoms with Crippen LogP contribution in [0.15, 0.2) is 53.1 Å². The Bertz CT molecular complexity index is 1030. The zero-order valence-electron chi connectivity index (χ0n) is 15.1. The Morgan fingerprint density at radius 3 is 2.79 bits per heavy atom. The van der Waals surface area contributed by atoms with E-state index < -0.39 is 12.0 Å². The van der Waals surface area contributed by atoms with Gasteiger partial charge in [0, 0.05) is 17.0 Å². The van der Waals surface area contributed by atoms with Gasteiger partial charge in [0.1, 0.15) is 17.9 Å². The van der Waals surface area contributed by atoms with Crippen molar-refractivity contribution in [1.29, 1.82) is 0 Å². The van der Waals surface area contributed by atoms with Gasteiger partial charge in [-0.15, -0.1) is 0 Å². The summed E-state index contributed by atoms with van der Waals surface area (Å²) in [6.07, 6.45) is 0.711. The lowest BCUT2D eigenvalue weighted by molar-refractivity contribution is -0.134. The number of furan rings is 1. The minimum atomic E-state index is -0.850. The number of carbonyl (C=O) groups excluding carboxylic acids is 2. The van der Waals surface area contributed by atoms with Crippen LogP contribution in [0.3, 0.4) is 0 Å². The number of nitrogens with one attached hydrogen (secondary N) is 2. The molecular formula is C20H18N2O6. The summed E-state index contributed by atoms with van der Waals surface area (Å²) in [5.74, 6) is 0.856. The summed E-state index contributed by atoms with van der Waals surface area (Å²) < 4.78 is 21.7. The summed E-state index contributed by atoms with van der Waals surface area (Å²) in [7, 11) is 1.57. The Morgan fingerprint density at radius 1 is 1.14 bits per heavy atom. The molecule has 0 radical (unpaired) electrons. The van der Waals surface area contributed by atoms with Gasteiger partial charge in [-0.05, 0) is 24.3 Å². The molecule has 4 rings (SSSR count). The highest BCUT2D eigenvalue weighted by molar-refractivity contribution is 5.90. The van der Waals surface area contributed by atoms with Crippen molar-refractivity contribution < 1.29 is 28.2 Å². The molecule has 1 atom stereocenters. The van der Waals surface area contributed by atoms with Gasteiger partial charge >= 0.3 is 0 Å². The quantitative estimate of drug-likeness (QED) is 0.670. The lowest BCUT2D eigenvalue weighted by Crippen LogP contribution is -2.51. The molecule has 0 saturated carbocycles. The number of para-hydroxylation sites is 2. The van der Waals surface area contributed by atoms with Gasteiger partial charge in [0.2, 0.25) is 12.0 Å². The van der Waals surface area contributed by atoms with Crippen LogP contribution in [0.25, 0.3) is 11.0 Å². The molecule has 0 fully saturated rings. The highest BCUT2D eigenvalue weighted by Crippen LogP contribution is 2.30. The summed E-state index contributed by atoms with van der Waals surface area (Å²) in [6.45, 7) is 0.0624. The van der Waals surface area contributed by atoms with Crippen LogP contribution in [0.4, 0.5) is 0 Å². The van der Waals surface area contributed by atoms with Crippen LogP contribution in [0.1, 0.15) is 5.56 Å². The maximum absolute atomic E-state index is 12.2. The number of ether oxygens (including phenoxy) is 3. The number of rotatable bonds is 4. The van der Waals surface area contributed by atoms with Gasteiger partial charge < -0.3 is 18.6 Å². The van der Waals surface area contributed by atoms with Crippen LogP contribution in [-0.4, -0.2) is 31.6 Å². The molecule has 1 aliphatic rings. The molecule has 0 aliphatic carbocycles. The van der Waals surface area contributed by atoms with Gasteiger partial charge in [0.05, 0.1) is 19.8 Å². The zero-order chi connectivity index (χ0) is 19.5. The first-order valence-corrected chi connectivity index (χ1v) is 8.65. The number of hydrogen-bond acceptors (Lipinski definition) is 6. The maximum atomic E-state index is 12.2. The highest BCUT2D eigenvalue weighted by Gasteiger charge is 2.27. The Balaban J connectivity index is 1.33. The van der Waals surface area contributed by atoms with Gasteiger partial charge in [-0.2, -0.15) is 0 Å². The molecule has 1 aliphatic heterocycles. The van der Waals surface area contributed by atoms with E-state index in [1.54, 1.807) is 37.4 Å². The number of fused-ring (bicyclic) bond motifs is 2. The second kappa shape index (κ2) is 7.51. The fraction of sp³-hybridized carbons (Fsp3) is 0.200. The number of methoxy groups -OCH3 is 1. The van der Waals surface area contributed by atoms with Gasteiger partial charge in [-0.1, -0.05) is 12.1 Å². The number of carbonyl (C=O) groups is 2. The third-order valence-electron chi connectivity index (χ3n) is 4.34. The second-order valence-electron chi connectivity index (χ2n) is 6.20. The van der Waals surface area contributed by atoms with Gasteiger partial charge in [0.25, 0.3) is 5.91 Å². The first kappa shape index (κ1) is 17.7. The first-order valence-electron chi connectivity index (χ1n) is 8.65. The summed E-state index contributed by atoms with van der Waals surface area (Å²) in [5, 5.41) is 0.808. The van der Waals surface area contributed by atoms with E-state index in [0.29, 0.717) is 28.4 Å². The fourth-order valence-corrected chi connectivity index (χ4v) is 2.91. The molecule has 2 aromatic carbocycles. The largest absolute Gasteiger partial charge is 0.497 e. The molecule has 2 heterocycles. The average molecular weight is 382 g/mol. The van der Waals surface area contributed by atoms with E-state index in [0.717, 1.165) is 5.39 Å². The number of amides is 2. The Kier molecular flexibility index (Phi) is 4.76. The standard InChI is InChI=1S/C20H18N2O6/c1-25-13-6-7-14-12(10-26-17(14)9-13)8-19(23)21-22-20(24)18-11-27-15-4-2-3-5-16(15)28-18/h2-7,9-10,18H,8,11H2,1H3,(H,21,23)(H,22,24)/t18-/m1/s1. The molecule has 8 nitrogen and oxygen atoms in total. The number of benzene rings is 2. The summed E-state index contributed by atoms with van der Waals surface area (Å²) in [4.78, 5) is 24.4. The molecule has 0 bridgehead atoms. The minimum absolute atomic E-state index is 0.0461. The summed E-state index contributed by atoms with van der Waals surface area (Å²) in [6, 6.07) is 12.4. The van der Waals surface area contributed by atoms with Crippen molar-refractivity contribution in [3.63, 3.8) is 0 Å². The van der Waals surface area contributed by atoms with E-state index in [-0.39, 0.29) is 18.9 Å². The molecule has 3 aromatic rings. The molecular weight excluding hydrogens is 364 g/mol. The molecule has 0 saturated heterocycles. The predicted molar refractivity (Wildman–Crippen MR) is 99.1 cm³/mol. The predicted octanol–water partition coefficient (Wildman–Crippen LogP) is 1.97. The molecule has 2 amide bonds. The van der Waals surface area contributed by atoms with Crippen molar-refractivity contribution in [3.8, 4) is 17.2 Å². The van der Waals surface area contributed by atoms with Crippen molar-refractivity contribution in [3.05, 3.63) is 54.3 Å². The first-order chi connectivity index (χ1) is 13.6. The number of hydrazine groups is 1. The second-order valence-corrected chi connectivity index (χ2v) is 6.20. The van der Waals surface area contributed by atoms with Gasteiger partial charge in [0.15, 0.2) is 11.5 Å². The Hall–Kier alpha value is -3.68. The van der Waals surface area contributed by atoms with Crippen LogP contribution >= 0.6 is 0 Å². The maximum Gasteiger partial charge on any atom is 0.283 e. The molecule has 144 valence electrons. The normalized spacial score (nSPS) is 15.1. The third-order valence-corrected chi connectivity index (χ3v) is 4.34. The average Bonchev–Trinajstić information content (AvgIpc) is 3.13. The zero-order valence-corrected chi connectivity index (χ0v) is 15.1. The van der Waals surface area contributed by atoms with E-state index >= 15 is 0 Å². The fourth-order valence-electron chi connectivity index (χ4n) is 2.91. The van der Waals surface area contributed by atoms with E-state index in [4.69, 9.17) is 18.6 Å². The molecule has 0 spiro atoms. The SMILES string of the molecule is COc1ccc2c(CC(=O)NNC(=O)[C@H]3COc4ccccc4O3)coc2c1. The molecule has 8 heteroatoms. The lowest BCUT2D eigenvalue weighted by atomic mass is 10.1. The lowest BCUT2D eigenvalue weighted by Gasteiger charge is -2.25. The summed E-state index contributed by atoms with van der Waals surface area (Å²) in [5.41, 5.74) is 6.08. The van der Waals surface area contributed by atoms with Crippen molar-refractivity contribution >= 4 is 22.8 Å². The summed E-state index contributed by atoms with van der Waals surface area (Å²) >= 11 is 0. The van der Waals surface area contributed by atoms with Crippen molar-refractivity contribution in [2.24, 2.45) is 0 Å². The minimum Gasteiger partial charge on any atom is -0.497 e. The molecule has 0 unspecified atom stereocenters. The van der Waals surface area contributed by atoms with Crippen LogP contribution in [-0.2, 0) is 16.0 Å². The van der Waals surface area contributed by atoms with Crippen molar-refractivity contribution in [1.82, 2.24) is 10.9 Å². The van der Waals surface area contributed by atoms with Crippen molar-refractivity contribution in [2.75, 3.05) is 13.7 Å². The van der Waals surface area contributed by atoms with Crippen LogP contribution in [0.5, 0.6) is 17.2 Å². The topological polar surface area (TPSA) is 99.0 Å². The van der Waals surface area contributed by atoms with Crippen molar-refractivity contribution in [2.45, 2.75) is 12.5 Å². The third kappa shape index (κ3) is 3.57. The van der Waals surface area contributed by atoms with Crippen LogP contribution in [0.2, 0.25) is 0 Å². The van der Waals surface area contributed by atoms with E-state index in [1.165, 1.54) is 6.26 Å². The van der Waals surface area contributed by atoms with Crippen LogP contribution in [0, 0.1) is 0 Å². The van der Waals surface area contributed by atoms with Crippen LogP contribution < -0.4 is 25.1 Å². The van der Waals surface area contributed by atoms with Gasteiger partial charge in [-0.25, -0.2) is 0 Å². The highest BCUT2D eigenvalue weighted by atomic mass is 16.6. The number of hydrogen-bond donors (Lipinski definition) is 2. The smallest absolute Gasteiger partial charge is 0.283 e. The molecule has 2 N–H and O–H groups in total. The van der Waals surface area contributed by atoms with Gasteiger partial charge in [-0.3, -0.25) is 20.4 Å². The van der Waals surface area contributed by atoms with E-state index in [1.807, 2.05) is 12.1 Å². The molecule has 28 heavy (non-hydrogen) atoms. The molecule has 1 aromatic heterocycles.